The van der Waals surface area contributed by atoms with E-state index in [4.69, 9.17) is 0 Å². The van der Waals surface area contributed by atoms with Crippen LogP contribution in [0.1, 0.15) is 43.0 Å². The zero-order chi connectivity index (χ0) is 32.7. The molecule has 7 aromatic rings. The Morgan fingerprint density at radius 1 is 0.468 bits per heavy atom. The Morgan fingerprint density at radius 2 is 0.915 bits per heavy atom. The Labute approximate surface area is 274 Å². The summed E-state index contributed by atoms with van der Waals surface area (Å²) >= 11 is 0. The van der Waals surface area contributed by atoms with E-state index in [0.29, 0.717) is 22.4 Å². The molecular formula is C43H30N4. The molecule has 4 heteroatoms. The summed E-state index contributed by atoms with van der Waals surface area (Å²) in [6, 6.07) is 49.5. The van der Waals surface area contributed by atoms with Crippen LogP contribution in [0.3, 0.4) is 0 Å². The zero-order valence-corrected chi connectivity index (χ0v) is 26.4. The van der Waals surface area contributed by atoms with Crippen LogP contribution in [0.15, 0.2) is 127 Å². The number of benzene rings is 6. The molecular weight excluding hydrogens is 573 g/mol. The first-order valence-corrected chi connectivity index (χ1v) is 15.5. The van der Waals surface area contributed by atoms with Crippen molar-refractivity contribution < 1.29 is 0 Å². The molecule has 0 N–H and O–H groups in total. The summed E-state index contributed by atoms with van der Waals surface area (Å²) in [5.74, 6) is 0. The molecule has 1 aromatic heterocycles. The quantitative estimate of drug-likeness (QED) is 0.201. The van der Waals surface area contributed by atoms with Gasteiger partial charge in [0, 0.05) is 21.9 Å². The van der Waals surface area contributed by atoms with Gasteiger partial charge in [0.15, 0.2) is 0 Å². The number of nitriles is 3. The summed E-state index contributed by atoms with van der Waals surface area (Å²) < 4.78 is 2.06. The van der Waals surface area contributed by atoms with Gasteiger partial charge in [0.05, 0.1) is 33.4 Å². The SMILES string of the molecule is CC(C)(C)c1ccc2c(c1)c1cc(-c3ccccc3)ccc1n2-c1c(C#N)c(-c2ccccc2)c(C#N)c(-c2ccccc2)c1C#N. The van der Waals surface area contributed by atoms with E-state index in [2.05, 4.69) is 92.1 Å². The minimum absolute atomic E-state index is 0.0926. The van der Waals surface area contributed by atoms with E-state index >= 15 is 0 Å². The first-order chi connectivity index (χ1) is 22.9. The van der Waals surface area contributed by atoms with Crippen molar-refractivity contribution in [2.45, 2.75) is 26.2 Å². The lowest BCUT2D eigenvalue weighted by molar-refractivity contribution is 0.591. The molecule has 1 heterocycles. The molecule has 0 spiro atoms. The number of rotatable bonds is 4. The fraction of sp³-hybridized carbons (Fsp3) is 0.0930. The monoisotopic (exact) mass is 602 g/mol. The largest absolute Gasteiger partial charge is 0.307 e. The van der Waals surface area contributed by atoms with Crippen molar-refractivity contribution in [3.05, 3.63) is 150 Å². The van der Waals surface area contributed by atoms with Crippen LogP contribution in [0.4, 0.5) is 0 Å². The minimum atomic E-state index is -0.0926. The first kappa shape index (κ1) is 29.3. The molecule has 0 atom stereocenters. The van der Waals surface area contributed by atoms with Crippen molar-refractivity contribution in [3.63, 3.8) is 0 Å². The fourth-order valence-electron chi connectivity index (χ4n) is 6.62. The molecule has 0 bridgehead atoms. The van der Waals surface area contributed by atoms with E-state index < -0.39 is 0 Å². The Kier molecular flexibility index (Phi) is 7.17. The lowest BCUT2D eigenvalue weighted by Gasteiger charge is -2.21. The predicted octanol–water partition coefficient (Wildman–Crippen LogP) is 10.7. The second kappa shape index (κ2) is 11.5. The molecule has 7 rings (SSSR count). The molecule has 222 valence electrons. The predicted molar refractivity (Wildman–Crippen MR) is 190 cm³/mol. The molecule has 0 fully saturated rings. The average Bonchev–Trinajstić information content (AvgIpc) is 3.43. The fourth-order valence-corrected chi connectivity index (χ4v) is 6.62. The molecule has 0 unspecified atom stereocenters. The summed E-state index contributed by atoms with van der Waals surface area (Å²) in [7, 11) is 0. The third kappa shape index (κ3) is 4.83. The molecule has 0 aliphatic rings. The molecule has 0 amide bonds. The summed E-state index contributed by atoms with van der Waals surface area (Å²) in [6.07, 6.45) is 0. The highest BCUT2D eigenvalue weighted by atomic mass is 15.0. The van der Waals surface area contributed by atoms with Gasteiger partial charge in [0.2, 0.25) is 0 Å². The maximum absolute atomic E-state index is 11.0. The van der Waals surface area contributed by atoms with E-state index in [1.54, 1.807) is 0 Å². The van der Waals surface area contributed by atoms with Gasteiger partial charge >= 0.3 is 0 Å². The second-order valence-electron chi connectivity index (χ2n) is 12.7. The van der Waals surface area contributed by atoms with Gasteiger partial charge in [0.25, 0.3) is 0 Å². The Morgan fingerprint density at radius 3 is 1.38 bits per heavy atom. The number of hydrogen-bond donors (Lipinski definition) is 0. The maximum Gasteiger partial charge on any atom is 0.102 e. The Balaban J connectivity index is 1.70. The second-order valence-corrected chi connectivity index (χ2v) is 12.7. The lowest BCUT2D eigenvalue weighted by Crippen LogP contribution is -2.11. The van der Waals surface area contributed by atoms with E-state index in [0.717, 1.165) is 44.1 Å². The van der Waals surface area contributed by atoms with Crippen LogP contribution in [0.25, 0.3) is 60.9 Å². The minimum Gasteiger partial charge on any atom is -0.307 e. The highest BCUT2D eigenvalue weighted by Crippen LogP contribution is 2.45. The van der Waals surface area contributed by atoms with Gasteiger partial charge in [0.1, 0.15) is 18.2 Å². The van der Waals surface area contributed by atoms with E-state index in [1.165, 1.54) is 5.56 Å². The van der Waals surface area contributed by atoms with Crippen molar-refractivity contribution in [3.8, 4) is 57.3 Å². The van der Waals surface area contributed by atoms with Gasteiger partial charge in [-0.25, -0.2) is 0 Å². The molecule has 0 radical (unpaired) electrons. The molecule has 47 heavy (non-hydrogen) atoms. The third-order valence-electron chi connectivity index (χ3n) is 8.90. The van der Waals surface area contributed by atoms with Crippen molar-refractivity contribution in [2.24, 2.45) is 0 Å². The van der Waals surface area contributed by atoms with E-state index in [9.17, 15) is 15.8 Å². The van der Waals surface area contributed by atoms with Gasteiger partial charge < -0.3 is 4.57 Å². The van der Waals surface area contributed by atoms with Crippen molar-refractivity contribution in [2.75, 3.05) is 0 Å². The Bertz CT molecular complexity index is 2360. The third-order valence-corrected chi connectivity index (χ3v) is 8.90. The topological polar surface area (TPSA) is 76.3 Å². The van der Waals surface area contributed by atoms with E-state index in [-0.39, 0.29) is 16.5 Å². The van der Waals surface area contributed by atoms with Crippen LogP contribution in [-0.2, 0) is 5.41 Å². The molecule has 0 aliphatic heterocycles. The van der Waals surface area contributed by atoms with Crippen LogP contribution in [0.5, 0.6) is 0 Å². The van der Waals surface area contributed by atoms with Gasteiger partial charge in [-0.05, 0) is 57.5 Å². The highest BCUT2D eigenvalue weighted by Gasteiger charge is 2.29. The normalized spacial score (nSPS) is 11.2. The number of nitrogens with zero attached hydrogens (tertiary/aromatic N) is 4. The maximum atomic E-state index is 11.0. The van der Waals surface area contributed by atoms with Crippen LogP contribution < -0.4 is 0 Å². The molecule has 0 saturated heterocycles. The summed E-state index contributed by atoms with van der Waals surface area (Å²) in [5, 5.41) is 34.7. The van der Waals surface area contributed by atoms with Gasteiger partial charge in [-0.15, -0.1) is 0 Å². The smallest absolute Gasteiger partial charge is 0.102 e. The van der Waals surface area contributed by atoms with Crippen molar-refractivity contribution >= 4 is 21.8 Å². The van der Waals surface area contributed by atoms with Crippen LogP contribution in [0, 0.1) is 34.0 Å². The lowest BCUT2D eigenvalue weighted by atomic mass is 9.84. The summed E-state index contributed by atoms with van der Waals surface area (Å²) in [6.45, 7) is 6.59. The first-order valence-electron chi connectivity index (χ1n) is 15.5. The molecule has 4 nitrogen and oxygen atoms in total. The van der Waals surface area contributed by atoms with Crippen LogP contribution in [-0.4, -0.2) is 4.57 Å². The zero-order valence-electron chi connectivity index (χ0n) is 26.4. The van der Waals surface area contributed by atoms with Crippen LogP contribution >= 0.6 is 0 Å². The van der Waals surface area contributed by atoms with Gasteiger partial charge in [-0.1, -0.05) is 124 Å². The van der Waals surface area contributed by atoms with Crippen molar-refractivity contribution in [1.29, 1.82) is 15.8 Å². The number of fused-ring (bicyclic) bond motifs is 3. The Hall–Kier alpha value is -6.41. The van der Waals surface area contributed by atoms with E-state index in [1.807, 2.05) is 78.9 Å². The van der Waals surface area contributed by atoms with Crippen molar-refractivity contribution in [1.82, 2.24) is 4.57 Å². The van der Waals surface area contributed by atoms with Crippen LogP contribution in [0.2, 0.25) is 0 Å². The summed E-state index contributed by atoms with van der Waals surface area (Å²) in [5.41, 5.74) is 8.91. The molecule has 0 aliphatic carbocycles. The standard InChI is InChI=1S/C43H30N4/c1-43(2,3)32-20-22-39-34(24-32)33-23-31(28-13-7-4-8-14-28)19-21-38(33)47(39)42-36(26-45)40(29-15-9-5-10-16-29)35(25-44)41(37(42)27-46)30-17-11-6-12-18-30/h4-24H,1-3H3. The van der Waals surface area contributed by atoms with Gasteiger partial charge in [-0.3, -0.25) is 0 Å². The number of hydrogen-bond acceptors (Lipinski definition) is 3. The van der Waals surface area contributed by atoms with Gasteiger partial charge in [-0.2, -0.15) is 15.8 Å². The molecule has 0 saturated carbocycles. The number of aromatic nitrogens is 1. The summed E-state index contributed by atoms with van der Waals surface area (Å²) in [4.78, 5) is 0. The average molecular weight is 603 g/mol. The molecule has 6 aromatic carbocycles. The highest BCUT2D eigenvalue weighted by molar-refractivity contribution is 6.12.